The molecule has 0 amide bonds. The zero-order valence-electron chi connectivity index (χ0n) is 14.3. The summed E-state index contributed by atoms with van der Waals surface area (Å²) in [6.45, 7) is 3.44. The van der Waals surface area contributed by atoms with Crippen LogP contribution in [0.4, 0.5) is 35.1 Å². The molecule has 0 aromatic rings. The van der Waals surface area contributed by atoms with Crippen molar-refractivity contribution >= 4 is 0 Å². The van der Waals surface area contributed by atoms with E-state index in [1.807, 2.05) is 0 Å². The van der Waals surface area contributed by atoms with Crippen molar-refractivity contribution < 1.29 is 39.9 Å². The highest BCUT2D eigenvalue weighted by Gasteiger charge is 2.73. The molecule has 1 nitrogen and oxygen atoms in total. The molecule has 0 saturated carbocycles. The number of rotatable bonds is 8. The van der Waals surface area contributed by atoms with E-state index in [4.69, 9.17) is 0 Å². The summed E-state index contributed by atoms with van der Waals surface area (Å²) >= 11 is 0. The largest absolute Gasteiger partial charge is 0.423 e. The van der Waals surface area contributed by atoms with E-state index >= 15 is 0 Å². The molecule has 0 aromatic carbocycles. The summed E-state index contributed by atoms with van der Waals surface area (Å²) in [4.78, 5) is 0. The fourth-order valence-electron chi connectivity index (χ4n) is 2.42. The molecule has 24 heavy (non-hydrogen) atoms. The van der Waals surface area contributed by atoms with Gasteiger partial charge in [-0.15, -0.1) is 0 Å². The zero-order chi connectivity index (χ0) is 19.6. The first-order valence-electron chi connectivity index (χ1n) is 7.49. The van der Waals surface area contributed by atoms with Crippen molar-refractivity contribution in [2.75, 3.05) is 6.67 Å². The second-order valence-corrected chi connectivity index (χ2v) is 7.12. The van der Waals surface area contributed by atoms with Gasteiger partial charge in [-0.25, -0.2) is 17.6 Å². The van der Waals surface area contributed by atoms with Crippen LogP contribution in [0, 0.1) is 5.92 Å². The molecule has 0 aliphatic carbocycles. The van der Waals surface area contributed by atoms with Crippen molar-refractivity contribution in [3.63, 3.8) is 0 Å². The predicted octanol–water partition coefficient (Wildman–Crippen LogP) is 6.17. The molecule has 146 valence electrons. The molecule has 0 spiro atoms. The highest BCUT2D eigenvalue weighted by molar-refractivity contribution is 5.04. The van der Waals surface area contributed by atoms with Gasteiger partial charge in [-0.2, -0.15) is 13.2 Å². The Morgan fingerprint density at radius 3 is 1.58 bits per heavy atom. The maximum Gasteiger partial charge on any atom is 0.423 e. The molecule has 0 rings (SSSR count). The van der Waals surface area contributed by atoms with Crippen LogP contribution in [-0.2, 0) is 4.74 Å². The lowest BCUT2D eigenvalue weighted by molar-refractivity contribution is -0.379. The highest BCUT2D eigenvalue weighted by Crippen LogP contribution is 2.54. The van der Waals surface area contributed by atoms with E-state index in [0.29, 0.717) is 0 Å². The minimum atomic E-state index is -5.67. The van der Waals surface area contributed by atoms with Crippen molar-refractivity contribution in [1.82, 2.24) is 0 Å². The first-order chi connectivity index (χ1) is 10.4. The molecule has 0 aliphatic rings. The minimum absolute atomic E-state index is 0.103. The Balaban J connectivity index is 6.27. The average Bonchev–Trinajstić information content (AvgIpc) is 2.28. The third kappa shape index (κ3) is 6.04. The van der Waals surface area contributed by atoms with Crippen molar-refractivity contribution in [2.24, 2.45) is 5.92 Å². The summed E-state index contributed by atoms with van der Waals surface area (Å²) in [6, 6.07) is 0. The molecule has 0 bridgehead atoms. The molecule has 0 radical (unpaired) electrons. The van der Waals surface area contributed by atoms with Crippen LogP contribution < -0.4 is 0 Å². The van der Waals surface area contributed by atoms with Gasteiger partial charge < -0.3 is 4.74 Å². The third-order valence-electron chi connectivity index (χ3n) is 3.43. The molecule has 0 aromatic heterocycles. The molecule has 0 saturated heterocycles. The van der Waals surface area contributed by atoms with Crippen LogP contribution in [0.15, 0.2) is 0 Å². The fourth-order valence-corrected chi connectivity index (χ4v) is 2.42. The van der Waals surface area contributed by atoms with Gasteiger partial charge in [0.15, 0.2) is 0 Å². The molecular weight excluding hydrogens is 348 g/mol. The van der Waals surface area contributed by atoms with Crippen LogP contribution in [0.25, 0.3) is 0 Å². The molecule has 0 fully saturated rings. The molecule has 9 heteroatoms. The van der Waals surface area contributed by atoms with Crippen molar-refractivity contribution in [3.05, 3.63) is 0 Å². The lowest BCUT2D eigenvalue weighted by Gasteiger charge is -2.46. The van der Waals surface area contributed by atoms with E-state index in [-0.39, 0.29) is 13.3 Å². The Bertz CT molecular complexity index is 390. The van der Waals surface area contributed by atoms with Gasteiger partial charge in [0.2, 0.25) is 5.60 Å². The van der Waals surface area contributed by atoms with Gasteiger partial charge in [-0.05, 0) is 40.0 Å². The molecule has 0 heterocycles. The monoisotopic (exact) mass is 372 g/mol. The van der Waals surface area contributed by atoms with E-state index in [1.165, 1.54) is 6.92 Å². The lowest BCUT2D eigenvalue weighted by atomic mass is 9.80. The Morgan fingerprint density at radius 1 is 0.875 bits per heavy atom. The Morgan fingerprint density at radius 2 is 1.33 bits per heavy atom. The first-order valence-corrected chi connectivity index (χ1v) is 7.49. The number of hydrogen-bond acceptors (Lipinski definition) is 1. The van der Waals surface area contributed by atoms with E-state index in [1.54, 1.807) is 0 Å². The number of ether oxygens (including phenoxy) is 1. The maximum atomic E-state index is 14.5. The predicted molar refractivity (Wildman–Crippen MR) is 74.2 cm³/mol. The zero-order valence-corrected chi connectivity index (χ0v) is 14.3. The Labute approximate surface area is 136 Å². The standard InChI is InChI=1S/C15H24F8O/c1-6-10(8-16)7-13(15(21,22)23,24-11(2,3)4)14(19,20)9-12(5,17)18/h10H,6-9H2,1-5H3. The van der Waals surface area contributed by atoms with Crippen LogP contribution >= 0.6 is 0 Å². The van der Waals surface area contributed by atoms with Crippen LogP contribution in [0.1, 0.15) is 53.9 Å². The summed E-state index contributed by atoms with van der Waals surface area (Å²) in [7, 11) is 0. The first kappa shape index (κ1) is 23.4. The fraction of sp³-hybridized carbons (Fsp3) is 1.00. The summed E-state index contributed by atoms with van der Waals surface area (Å²) < 4.78 is 114. The van der Waals surface area contributed by atoms with Gasteiger partial charge in [-0.3, -0.25) is 4.39 Å². The van der Waals surface area contributed by atoms with Gasteiger partial charge in [-0.1, -0.05) is 13.3 Å². The summed E-state index contributed by atoms with van der Waals surface area (Å²) in [5.41, 5.74) is -5.92. The van der Waals surface area contributed by atoms with E-state index in [0.717, 1.165) is 20.8 Å². The SMILES string of the molecule is CCC(CF)CC(OC(C)(C)C)(C(F)(F)F)C(F)(F)CC(C)(F)F. The van der Waals surface area contributed by atoms with Gasteiger partial charge in [0.05, 0.1) is 18.7 Å². The second kappa shape index (κ2) is 7.33. The summed E-state index contributed by atoms with van der Waals surface area (Å²) in [5, 5.41) is 0. The normalized spacial score (nSPS) is 18.4. The van der Waals surface area contributed by atoms with Crippen LogP contribution in [0.2, 0.25) is 0 Å². The van der Waals surface area contributed by atoms with E-state index in [2.05, 4.69) is 4.74 Å². The highest BCUT2D eigenvalue weighted by atomic mass is 19.4. The van der Waals surface area contributed by atoms with Gasteiger partial charge in [0, 0.05) is 0 Å². The van der Waals surface area contributed by atoms with Crippen molar-refractivity contribution in [2.45, 2.75) is 83.1 Å². The van der Waals surface area contributed by atoms with E-state index < -0.39 is 54.7 Å². The molecule has 0 N–H and O–H groups in total. The van der Waals surface area contributed by atoms with Crippen LogP contribution in [-0.4, -0.2) is 35.9 Å². The number of alkyl halides is 8. The van der Waals surface area contributed by atoms with Gasteiger partial charge >= 0.3 is 6.18 Å². The Hall–Kier alpha value is -0.600. The molecular formula is C15H24F8O. The van der Waals surface area contributed by atoms with Gasteiger partial charge in [0.1, 0.15) is 0 Å². The quantitative estimate of drug-likeness (QED) is 0.463. The maximum absolute atomic E-state index is 14.5. The van der Waals surface area contributed by atoms with Crippen molar-refractivity contribution in [1.29, 1.82) is 0 Å². The van der Waals surface area contributed by atoms with Crippen molar-refractivity contribution in [3.8, 4) is 0 Å². The topological polar surface area (TPSA) is 9.23 Å². The third-order valence-corrected chi connectivity index (χ3v) is 3.43. The molecule has 2 unspecified atom stereocenters. The second-order valence-electron chi connectivity index (χ2n) is 7.12. The number of halogens is 8. The minimum Gasteiger partial charge on any atom is -0.354 e. The average molecular weight is 372 g/mol. The Kier molecular flexibility index (Phi) is 7.15. The van der Waals surface area contributed by atoms with E-state index in [9.17, 15) is 35.1 Å². The summed E-state index contributed by atoms with van der Waals surface area (Å²) in [5.74, 6) is -10.4. The molecule has 0 aliphatic heterocycles. The van der Waals surface area contributed by atoms with Gasteiger partial charge in [0.25, 0.3) is 11.8 Å². The smallest absolute Gasteiger partial charge is 0.354 e. The van der Waals surface area contributed by atoms with Crippen LogP contribution in [0.3, 0.4) is 0 Å². The summed E-state index contributed by atoms with van der Waals surface area (Å²) in [6.07, 6.45) is -9.62. The lowest BCUT2D eigenvalue weighted by Crippen LogP contribution is -2.64. The number of hydrogen-bond donors (Lipinski definition) is 0. The van der Waals surface area contributed by atoms with Crippen LogP contribution in [0.5, 0.6) is 0 Å². The molecule has 2 atom stereocenters.